The molecule has 2 atom stereocenters. The van der Waals surface area contributed by atoms with Crippen LogP contribution < -0.4 is 0 Å². The molecule has 5 heteroatoms. The number of aromatic nitrogens is 2. The Morgan fingerprint density at radius 3 is 2.67 bits per heavy atom. The van der Waals surface area contributed by atoms with Gasteiger partial charge in [-0.25, -0.2) is 0 Å². The van der Waals surface area contributed by atoms with Crippen molar-refractivity contribution in [1.82, 2.24) is 19.6 Å². The number of carbonyl (C=O) groups is 1. The molecule has 1 aromatic carbocycles. The molecule has 2 aromatic rings. The minimum Gasteiger partial charge on any atom is -0.341 e. The molecule has 1 amide bonds. The fourth-order valence-electron chi connectivity index (χ4n) is 4.66. The number of piperidine rings is 1. The maximum absolute atomic E-state index is 12.9. The highest BCUT2D eigenvalue weighted by Crippen LogP contribution is 2.29. The van der Waals surface area contributed by atoms with Gasteiger partial charge in [0.1, 0.15) is 0 Å². The molecule has 1 aromatic heterocycles. The summed E-state index contributed by atoms with van der Waals surface area (Å²) in [6, 6.07) is 13.3. The first-order valence-corrected chi connectivity index (χ1v) is 10.2. The standard InChI is InChI=1S/C22H30N4O/c1-17-12-18(2)26(23-17)11-10-22(27)25-15-20-8-9-21(16-25)24(14-20)13-19-6-4-3-5-7-19/h3-7,12,20-21H,8-11,13-16H2,1-2H3/t20-,21-/m0/s1. The number of fused-ring (bicyclic) bond motifs is 4. The Morgan fingerprint density at radius 2 is 1.93 bits per heavy atom. The number of hydrogen-bond donors (Lipinski definition) is 0. The molecule has 144 valence electrons. The number of amides is 1. The van der Waals surface area contributed by atoms with Crippen LogP contribution in [0.5, 0.6) is 0 Å². The zero-order valence-electron chi connectivity index (χ0n) is 16.5. The first-order valence-electron chi connectivity index (χ1n) is 10.2. The van der Waals surface area contributed by atoms with Gasteiger partial charge in [0.15, 0.2) is 0 Å². The van der Waals surface area contributed by atoms with Crippen molar-refractivity contribution < 1.29 is 4.79 Å². The van der Waals surface area contributed by atoms with E-state index in [0.717, 1.165) is 37.6 Å². The van der Waals surface area contributed by atoms with Gasteiger partial charge in [-0.2, -0.15) is 5.10 Å². The van der Waals surface area contributed by atoms with Gasteiger partial charge in [0, 0.05) is 50.9 Å². The number of hydrogen-bond acceptors (Lipinski definition) is 3. The van der Waals surface area contributed by atoms with Crippen molar-refractivity contribution in [1.29, 1.82) is 0 Å². The van der Waals surface area contributed by atoms with Crippen molar-refractivity contribution in [3.05, 3.63) is 53.3 Å². The van der Waals surface area contributed by atoms with Gasteiger partial charge in [-0.05, 0) is 44.2 Å². The fourth-order valence-corrected chi connectivity index (χ4v) is 4.66. The Hall–Kier alpha value is -2.14. The van der Waals surface area contributed by atoms with E-state index >= 15 is 0 Å². The molecular weight excluding hydrogens is 336 g/mol. The van der Waals surface area contributed by atoms with Crippen LogP contribution in [0.4, 0.5) is 0 Å². The van der Waals surface area contributed by atoms with Crippen LogP contribution in [0, 0.1) is 19.8 Å². The van der Waals surface area contributed by atoms with E-state index in [1.165, 1.54) is 18.4 Å². The molecule has 5 rings (SSSR count). The maximum Gasteiger partial charge on any atom is 0.224 e. The monoisotopic (exact) mass is 366 g/mol. The molecule has 0 spiro atoms. The van der Waals surface area contributed by atoms with Crippen molar-refractivity contribution >= 4 is 5.91 Å². The van der Waals surface area contributed by atoms with E-state index in [1.54, 1.807) is 0 Å². The van der Waals surface area contributed by atoms with E-state index in [0.29, 0.717) is 24.9 Å². The number of carbonyl (C=O) groups excluding carboxylic acids is 1. The lowest BCUT2D eigenvalue weighted by atomic mass is 9.94. The smallest absolute Gasteiger partial charge is 0.224 e. The second kappa shape index (κ2) is 7.85. The van der Waals surface area contributed by atoms with Gasteiger partial charge >= 0.3 is 0 Å². The summed E-state index contributed by atoms with van der Waals surface area (Å²) < 4.78 is 1.96. The molecular formula is C22H30N4O. The van der Waals surface area contributed by atoms with E-state index < -0.39 is 0 Å². The summed E-state index contributed by atoms with van der Waals surface area (Å²) in [6.45, 7) is 8.63. The normalized spacial score (nSPS) is 22.8. The van der Waals surface area contributed by atoms with Gasteiger partial charge in [0.25, 0.3) is 0 Å². The number of nitrogens with zero attached hydrogens (tertiary/aromatic N) is 4. The van der Waals surface area contributed by atoms with Crippen molar-refractivity contribution in [3.63, 3.8) is 0 Å². The second-order valence-electron chi connectivity index (χ2n) is 8.21. The Morgan fingerprint density at radius 1 is 1.11 bits per heavy atom. The summed E-state index contributed by atoms with van der Waals surface area (Å²) in [5.74, 6) is 0.881. The number of aryl methyl sites for hydroxylation is 3. The average molecular weight is 367 g/mol. The summed E-state index contributed by atoms with van der Waals surface area (Å²) in [7, 11) is 0. The van der Waals surface area contributed by atoms with Crippen LogP contribution in [0.1, 0.15) is 36.2 Å². The summed E-state index contributed by atoms with van der Waals surface area (Å²) >= 11 is 0. The minimum atomic E-state index is 0.279. The summed E-state index contributed by atoms with van der Waals surface area (Å²) in [4.78, 5) is 17.6. The number of rotatable bonds is 5. The van der Waals surface area contributed by atoms with Gasteiger partial charge in [-0.3, -0.25) is 14.4 Å². The molecule has 27 heavy (non-hydrogen) atoms. The average Bonchev–Trinajstić information content (AvgIpc) is 2.82. The lowest BCUT2D eigenvalue weighted by Gasteiger charge is -2.36. The second-order valence-corrected chi connectivity index (χ2v) is 8.21. The quantitative estimate of drug-likeness (QED) is 0.817. The van der Waals surface area contributed by atoms with Crippen LogP contribution >= 0.6 is 0 Å². The van der Waals surface area contributed by atoms with Crippen molar-refractivity contribution in [2.75, 3.05) is 19.6 Å². The Labute approximate surface area is 162 Å². The van der Waals surface area contributed by atoms with Crippen LogP contribution in [0.15, 0.2) is 36.4 Å². The van der Waals surface area contributed by atoms with Crippen molar-refractivity contribution in [2.24, 2.45) is 5.92 Å². The lowest BCUT2D eigenvalue weighted by molar-refractivity contribution is -0.131. The first kappa shape index (κ1) is 18.2. The van der Waals surface area contributed by atoms with Gasteiger partial charge in [-0.15, -0.1) is 0 Å². The summed E-state index contributed by atoms with van der Waals surface area (Å²) in [5, 5.41) is 4.48. The maximum atomic E-state index is 12.9. The van der Waals surface area contributed by atoms with E-state index in [-0.39, 0.29) is 5.91 Å². The third-order valence-corrected chi connectivity index (χ3v) is 6.05. The molecule has 3 fully saturated rings. The lowest BCUT2D eigenvalue weighted by Crippen LogP contribution is -2.44. The van der Waals surface area contributed by atoms with Crippen LogP contribution in [0.2, 0.25) is 0 Å². The molecule has 0 saturated carbocycles. The van der Waals surface area contributed by atoms with Crippen LogP contribution in [0.3, 0.4) is 0 Å². The van der Waals surface area contributed by atoms with Gasteiger partial charge < -0.3 is 4.90 Å². The molecule has 0 N–H and O–H groups in total. The third kappa shape index (κ3) is 4.24. The molecule has 3 saturated heterocycles. The topological polar surface area (TPSA) is 41.4 Å². The molecule has 5 nitrogen and oxygen atoms in total. The molecule has 4 heterocycles. The van der Waals surface area contributed by atoms with Crippen LogP contribution in [-0.2, 0) is 17.9 Å². The largest absolute Gasteiger partial charge is 0.341 e. The van der Waals surface area contributed by atoms with Crippen molar-refractivity contribution in [2.45, 2.75) is 52.2 Å². The predicted octanol–water partition coefficient (Wildman–Crippen LogP) is 3.01. The fraction of sp³-hybridized carbons (Fsp3) is 0.545. The summed E-state index contributed by atoms with van der Waals surface area (Å²) in [6.07, 6.45) is 3.00. The van der Waals surface area contributed by atoms with E-state index in [9.17, 15) is 4.79 Å². The molecule has 3 aliphatic rings. The molecule has 0 unspecified atom stereocenters. The Bertz CT molecular complexity index is 785. The van der Waals surface area contributed by atoms with E-state index in [4.69, 9.17) is 0 Å². The first-order chi connectivity index (χ1) is 13.1. The van der Waals surface area contributed by atoms with Crippen LogP contribution in [-0.4, -0.2) is 51.2 Å². The SMILES string of the molecule is Cc1cc(C)n(CCC(=O)N2C[C@H]3CC[C@@H](C2)N(Cc2ccccc2)C3)n1. The summed E-state index contributed by atoms with van der Waals surface area (Å²) in [5.41, 5.74) is 3.52. The molecule has 0 aliphatic carbocycles. The van der Waals surface area contributed by atoms with E-state index in [2.05, 4.69) is 58.2 Å². The highest BCUT2D eigenvalue weighted by molar-refractivity contribution is 5.76. The van der Waals surface area contributed by atoms with Gasteiger partial charge in [-0.1, -0.05) is 30.3 Å². The van der Waals surface area contributed by atoms with E-state index in [1.807, 2.05) is 11.6 Å². The zero-order chi connectivity index (χ0) is 18.8. The van der Waals surface area contributed by atoms with Crippen molar-refractivity contribution in [3.8, 4) is 0 Å². The molecule has 0 radical (unpaired) electrons. The Balaban J connectivity index is 1.37. The third-order valence-electron chi connectivity index (χ3n) is 6.05. The Kier molecular flexibility index (Phi) is 5.30. The van der Waals surface area contributed by atoms with Crippen LogP contribution in [0.25, 0.3) is 0 Å². The zero-order valence-corrected chi connectivity index (χ0v) is 16.5. The number of benzene rings is 1. The minimum absolute atomic E-state index is 0.279. The van der Waals surface area contributed by atoms with Gasteiger partial charge in [0.05, 0.1) is 5.69 Å². The highest BCUT2D eigenvalue weighted by atomic mass is 16.2. The highest BCUT2D eigenvalue weighted by Gasteiger charge is 2.36. The molecule has 2 bridgehead atoms. The predicted molar refractivity (Wildman–Crippen MR) is 106 cm³/mol. The molecule has 3 aliphatic heterocycles. The van der Waals surface area contributed by atoms with Gasteiger partial charge in [0.2, 0.25) is 5.91 Å².